The van der Waals surface area contributed by atoms with Gasteiger partial charge in [0.15, 0.2) is 0 Å². The van der Waals surface area contributed by atoms with Crippen molar-refractivity contribution in [1.29, 1.82) is 5.41 Å². The SMILES string of the molecule is COC1CCN(c2ccc(C(=N)N)nc2)C(C)C1. The first-order chi connectivity index (χ1) is 8.61. The van der Waals surface area contributed by atoms with Gasteiger partial charge in [-0.2, -0.15) is 0 Å². The van der Waals surface area contributed by atoms with Gasteiger partial charge in [0.25, 0.3) is 0 Å². The van der Waals surface area contributed by atoms with Crippen LogP contribution in [-0.4, -0.2) is 36.6 Å². The molecule has 3 N–H and O–H groups in total. The number of nitrogen functional groups attached to an aromatic ring is 1. The molecule has 5 heteroatoms. The molecule has 2 rings (SSSR count). The minimum absolute atomic E-state index is 0.00712. The van der Waals surface area contributed by atoms with Crippen molar-refractivity contribution in [3.63, 3.8) is 0 Å². The van der Waals surface area contributed by atoms with Crippen LogP contribution in [0.2, 0.25) is 0 Å². The molecular weight excluding hydrogens is 228 g/mol. The topological polar surface area (TPSA) is 75.2 Å². The number of pyridine rings is 1. The summed E-state index contributed by atoms with van der Waals surface area (Å²) in [7, 11) is 1.77. The summed E-state index contributed by atoms with van der Waals surface area (Å²) in [5.74, 6) is 0.00712. The van der Waals surface area contributed by atoms with Crippen molar-refractivity contribution in [3.05, 3.63) is 24.0 Å². The van der Waals surface area contributed by atoms with Crippen LogP contribution in [0, 0.1) is 5.41 Å². The van der Waals surface area contributed by atoms with Gasteiger partial charge in [0.2, 0.25) is 0 Å². The zero-order valence-corrected chi connectivity index (χ0v) is 10.9. The minimum atomic E-state index is 0.00712. The number of rotatable bonds is 3. The summed E-state index contributed by atoms with van der Waals surface area (Å²) in [4.78, 5) is 6.53. The highest BCUT2D eigenvalue weighted by Gasteiger charge is 2.25. The Morgan fingerprint density at radius 3 is 2.83 bits per heavy atom. The maximum atomic E-state index is 7.33. The van der Waals surface area contributed by atoms with Crippen LogP contribution in [0.15, 0.2) is 18.3 Å². The Labute approximate surface area is 107 Å². The van der Waals surface area contributed by atoms with E-state index < -0.39 is 0 Å². The first-order valence-corrected chi connectivity index (χ1v) is 6.21. The van der Waals surface area contributed by atoms with E-state index in [0.717, 1.165) is 25.1 Å². The molecule has 0 amide bonds. The number of aromatic nitrogens is 1. The molecule has 2 unspecified atom stereocenters. The van der Waals surface area contributed by atoms with Crippen LogP contribution in [-0.2, 0) is 4.74 Å². The molecule has 0 spiro atoms. The summed E-state index contributed by atoms with van der Waals surface area (Å²) < 4.78 is 5.41. The average molecular weight is 248 g/mol. The standard InChI is InChI=1S/C13H20N4O/c1-9-7-11(18-2)5-6-17(9)10-3-4-12(13(14)15)16-8-10/h3-4,8-9,11H,5-7H2,1-2H3,(H3,14,15). The fraction of sp³-hybridized carbons (Fsp3) is 0.538. The highest BCUT2D eigenvalue weighted by molar-refractivity contribution is 5.93. The Bertz CT molecular complexity index is 418. The number of nitrogens with zero attached hydrogens (tertiary/aromatic N) is 2. The molecule has 0 saturated carbocycles. The van der Waals surface area contributed by atoms with Gasteiger partial charge in [-0.3, -0.25) is 10.4 Å². The summed E-state index contributed by atoms with van der Waals surface area (Å²) in [5.41, 5.74) is 7.01. The number of amidine groups is 1. The van der Waals surface area contributed by atoms with Crippen LogP contribution in [0.5, 0.6) is 0 Å². The van der Waals surface area contributed by atoms with E-state index in [9.17, 15) is 0 Å². The van der Waals surface area contributed by atoms with Gasteiger partial charge in [-0.05, 0) is 31.9 Å². The van der Waals surface area contributed by atoms with Crippen LogP contribution >= 0.6 is 0 Å². The second-order valence-corrected chi connectivity index (χ2v) is 4.74. The molecular formula is C13H20N4O. The summed E-state index contributed by atoms with van der Waals surface area (Å²) in [5, 5.41) is 7.33. The lowest BCUT2D eigenvalue weighted by Crippen LogP contribution is -2.43. The summed E-state index contributed by atoms with van der Waals surface area (Å²) >= 11 is 0. The Hall–Kier alpha value is -1.62. The maximum absolute atomic E-state index is 7.33. The van der Waals surface area contributed by atoms with Crippen LogP contribution in [0.3, 0.4) is 0 Å². The van der Waals surface area contributed by atoms with Crippen molar-refractivity contribution in [2.24, 2.45) is 5.73 Å². The summed E-state index contributed by atoms with van der Waals surface area (Å²) in [6.07, 6.45) is 4.22. The molecule has 18 heavy (non-hydrogen) atoms. The normalized spacial score (nSPS) is 24.0. The quantitative estimate of drug-likeness (QED) is 0.626. The van der Waals surface area contributed by atoms with E-state index in [-0.39, 0.29) is 5.84 Å². The minimum Gasteiger partial charge on any atom is -0.382 e. The molecule has 98 valence electrons. The predicted octanol–water partition coefficient (Wildman–Crippen LogP) is 1.37. The third-order valence-electron chi connectivity index (χ3n) is 3.52. The van der Waals surface area contributed by atoms with Gasteiger partial charge in [0.05, 0.1) is 18.0 Å². The fourth-order valence-electron chi connectivity index (χ4n) is 2.44. The van der Waals surface area contributed by atoms with Gasteiger partial charge >= 0.3 is 0 Å². The van der Waals surface area contributed by atoms with Gasteiger partial charge in [0, 0.05) is 19.7 Å². The van der Waals surface area contributed by atoms with Crippen molar-refractivity contribution in [1.82, 2.24) is 4.98 Å². The van der Waals surface area contributed by atoms with Crippen molar-refractivity contribution in [2.75, 3.05) is 18.6 Å². The zero-order chi connectivity index (χ0) is 13.1. The lowest BCUT2D eigenvalue weighted by atomic mass is 10.00. The van der Waals surface area contributed by atoms with Gasteiger partial charge in [-0.25, -0.2) is 0 Å². The largest absolute Gasteiger partial charge is 0.382 e. The van der Waals surface area contributed by atoms with E-state index in [1.54, 1.807) is 19.4 Å². The molecule has 1 saturated heterocycles. The first-order valence-electron chi connectivity index (χ1n) is 6.21. The third-order valence-corrected chi connectivity index (χ3v) is 3.52. The van der Waals surface area contributed by atoms with Crippen LogP contribution in [0.1, 0.15) is 25.5 Å². The van der Waals surface area contributed by atoms with Crippen LogP contribution in [0.4, 0.5) is 5.69 Å². The van der Waals surface area contributed by atoms with Crippen molar-refractivity contribution in [3.8, 4) is 0 Å². The van der Waals surface area contributed by atoms with E-state index in [4.69, 9.17) is 15.9 Å². The molecule has 2 atom stereocenters. The van der Waals surface area contributed by atoms with Crippen LogP contribution < -0.4 is 10.6 Å². The number of piperidine rings is 1. The Balaban J connectivity index is 2.10. The summed E-state index contributed by atoms with van der Waals surface area (Å²) in [6, 6.07) is 4.22. The van der Waals surface area contributed by atoms with Gasteiger partial charge < -0.3 is 15.4 Å². The molecule has 1 aromatic rings. The number of nitrogens with one attached hydrogen (secondary N) is 1. The molecule has 1 fully saturated rings. The number of hydrogen-bond donors (Lipinski definition) is 2. The fourth-order valence-corrected chi connectivity index (χ4v) is 2.44. The van der Waals surface area contributed by atoms with Gasteiger partial charge in [-0.1, -0.05) is 0 Å². The Morgan fingerprint density at radius 1 is 1.56 bits per heavy atom. The number of anilines is 1. The number of hydrogen-bond acceptors (Lipinski definition) is 4. The van der Waals surface area contributed by atoms with E-state index in [2.05, 4.69) is 16.8 Å². The Kier molecular flexibility index (Phi) is 3.81. The first kappa shape index (κ1) is 12.8. The second kappa shape index (κ2) is 5.35. The smallest absolute Gasteiger partial charge is 0.141 e. The van der Waals surface area contributed by atoms with E-state index >= 15 is 0 Å². The van der Waals surface area contributed by atoms with E-state index in [1.165, 1.54) is 0 Å². The van der Waals surface area contributed by atoms with E-state index in [1.807, 2.05) is 6.07 Å². The highest BCUT2D eigenvalue weighted by Crippen LogP contribution is 2.25. The molecule has 5 nitrogen and oxygen atoms in total. The van der Waals surface area contributed by atoms with Crippen LogP contribution in [0.25, 0.3) is 0 Å². The number of nitrogens with two attached hydrogens (primary N) is 1. The lowest BCUT2D eigenvalue weighted by molar-refractivity contribution is 0.0721. The average Bonchev–Trinajstić information content (AvgIpc) is 2.38. The van der Waals surface area contributed by atoms with Gasteiger partial charge in [-0.15, -0.1) is 0 Å². The molecule has 1 aliphatic rings. The number of methoxy groups -OCH3 is 1. The molecule has 0 aromatic carbocycles. The lowest BCUT2D eigenvalue weighted by Gasteiger charge is -2.38. The highest BCUT2D eigenvalue weighted by atomic mass is 16.5. The maximum Gasteiger partial charge on any atom is 0.141 e. The molecule has 2 heterocycles. The van der Waals surface area contributed by atoms with Crippen molar-refractivity contribution in [2.45, 2.75) is 31.9 Å². The second-order valence-electron chi connectivity index (χ2n) is 4.74. The van der Waals surface area contributed by atoms with Crippen molar-refractivity contribution < 1.29 is 4.74 Å². The molecule has 0 aliphatic carbocycles. The zero-order valence-electron chi connectivity index (χ0n) is 10.9. The molecule has 1 aliphatic heterocycles. The monoisotopic (exact) mass is 248 g/mol. The summed E-state index contributed by atoms with van der Waals surface area (Å²) in [6.45, 7) is 3.17. The predicted molar refractivity (Wildman–Crippen MR) is 72.1 cm³/mol. The van der Waals surface area contributed by atoms with Gasteiger partial charge in [0.1, 0.15) is 11.5 Å². The van der Waals surface area contributed by atoms with Crippen molar-refractivity contribution >= 4 is 11.5 Å². The molecule has 0 radical (unpaired) electrons. The molecule has 1 aromatic heterocycles. The number of ether oxygens (including phenoxy) is 1. The van der Waals surface area contributed by atoms with E-state index in [0.29, 0.717) is 17.8 Å². The Morgan fingerprint density at radius 2 is 2.33 bits per heavy atom. The third kappa shape index (κ3) is 2.61. The molecule has 0 bridgehead atoms.